The molecular weight excluding hydrogens is 387 g/mol. The van der Waals surface area contributed by atoms with Gasteiger partial charge in [0.15, 0.2) is 0 Å². The lowest BCUT2D eigenvalue weighted by Gasteiger charge is -2.31. The fraction of sp³-hybridized carbons (Fsp3) is 0.600. The second-order valence-corrected chi connectivity index (χ2v) is 7.53. The Balaban J connectivity index is 2.04. The molecule has 0 saturated carbocycles. The van der Waals surface area contributed by atoms with E-state index in [1.165, 1.54) is 4.90 Å². The van der Waals surface area contributed by atoms with Crippen molar-refractivity contribution in [2.75, 3.05) is 19.7 Å². The van der Waals surface area contributed by atoms with E-state index < -0.39 is 30.6 Å². The predicted molar refractivity (Wildman–Crippen MR) is 102 cm³/mol. The molecule has 1 aromatic heterocycles. The lowest BCUT2D eigenvalue weighted by Crippen LogP contribution is -2.49. The minimum absolute atomic E-state index is 0.211. The molecule has 2 aliphatic heterocycles. The number of likely N-dealkylation sites (N-methyl/N-ethyl adjacent to an activating group) is 1. The second-order valence-electron chi connectivity index (χ2n) is 7.53. The number of aliphatic hydroxyl groups excluding tert-OH is 1. The molecular formula is C20H26F3N3O3. The third kappa shape index (κ3) is 3.98. The van der Waals surface area contributed by atoms with Gasteiger partial charge < -0.3 is 15.0 Å². The molecule has 3 rings (SSSR count). The molecule has 0 aliphatic carbocycles. The number of alkyl halides is 3. The molecule has 0 unspecified atom stereocenters. The van der Waals surface area contributed by atoms with E-state index in [1.807, 2.05) is 0 Å². The highest BCUT2D eigenvalue weighted by Crippen LogP contribution is 2.49. The molecule has 2 aliphatic rings. The van der Waals surface area contributed by atoms with E-state index in [9.17, 15) is 27.9 Å². The Morgan fingerprint density at radius 2 is 2.10 bits per heavy atom. The molecule has 1 saturated heterocycles. The summed E-state index contributed by atoms with van der Waals surface area (Å²) in [5.41, 5.74) is 0.886. The topological polar surface area (TPSA) is 74.6 Å². The van der Waals surface area contributed by atoms with E-state index in [0.29, 0.717) is 17.8 Å². The van der Waals surface area contributed by atoms with Crippen molar-refractivity contribution < 1.29 is 23.1 Å². The first-order chi connectivity index (χ1) is 13.7. The van der Waals surface area contributed by atoms with Crippen LogP contribution in [0.1, 0.15) is 37.6 Å². The minimum Gasteiger partial charge on any atom is -0.396 e. The van der Waals surface area contributed by atoms with Crippen LogP contribution in [-0.2, 0) is 11.3 Å². The Morgan fingerprint density at radius 1 is 1.38 bits per heavy atom. The molecule has 160 valence electrons. The Hall–Kier alpha value is -2.13. The lowest BCUT2D eigenvalue weighted by atomic mass is 9.88. The van der Waals surface area contributed by atoms with Crippen LogP contribution in [0, 0.1) is 11.8 Å². The summed E-state index contributed by atoms with van der Waals surface area (Å²) in [6.45, 7) is 3.44. The van der Waals surface area contributed by atoms with Crippen LogP contribution < -0.4 is 10.9 Å². The quantitative estimate of drug-likeness (QED) is 0.748. The number of halogens is 3. The van der Waals surface area contributed by atoms with Crippen molar-refractivity contribution >= 4 is 12.0 Å². The van der Waals surface area contributed by atoms with E-state index in [1.54, 1.807) is 42.7 Å². The van der Waals surface area contributed by atoms with E-state index in [2.05, 4.69) is 5.32 Å². The Bertz CT molecular complexity index is 850. The number of allylic oxidation sites excluding steroid dienone is 1. The van der Waals surface area contributed by atoms with E-state index >= 15 is 0 Å². The molecule has 0 radical (unpaired) electrons. The number of hydrogen-bond acceptors (Lipinski definition) is 4. The molecule has 29 heavy (non-hydrogen) atoms. The summed E-state index contributed by atoms with van der Waals surface area (Å²) in [6.07, 6.45) is -2.00. The van der Waals surface area contributed by atoms with E-state index in [4.69, 9.17) is 0 Å². The van der Waals surface area contributed by atoms with Crippen molar-refractivity contribution in [2.45, 2.75) is 45.1 Å². The molecule has 0 bridgehead atoms. The number of amides is 1. The van der Waals surface area contributed by atoms with E-state index in [0.717, 1.165) is 0 Å². The van der Waals surface area contributed by atoms with Crippen LogP contribution in [0.4, 0.5) is 13.2 Å². The number of hydrogen-bond donors (Lipinski definition) is 2. The maximum atomic E-state index is 13.0. The van der Waals surface area contributed by atoms with Crippen molar-refractivity contribution in [2.24, 2.45) is 11.8 Å². The van der Waals surface area contributed by atoms with Gasteiger partial charge in [-0.05, 0) is 26.0 Å². The van der Waals surface area contributed by atoms with Crippen LogP contribution in [0.15, 0.2) is 23.0 Å². The number of carbonyl (C=O) groups is 1. The number of carbonyl (C=O) groups excluding carboxylic acids is 1. The highest BCUT2D eigenvalue weighted by molar-refractivity contribution is 5.82. The number of rotatable bonds is 6. The molecule has 3 heterocycles. The molecule has 1 aromatic rings. The Kier molecular flexibility index (Phi) is 6.19. The van der Waals surface area contributed by atoms with Gasteiger partial charge in [-0.1, -0.05) is 12.2 Å². The number of likely N-dealkylation sites (tertiary alicyclic amines) is 1. The van der Waals surface area contributed by atoms with Crippen molar-refractivity contribution in [3.63, 3.8) is 0 Å². The zero-order valence-corrected chi connectivity index (χ0v) is 16.4. The van der Waals surface area contributed by atoms with Gasteiger partial charge in [0.05, 0.1) is 18.5 Å². The first kappa shape index (κ1) is 21.6. The number of nitrogens with zero attached hydrogens (tertiary/aromatic N) is 2. The molecule has 2 N–H and O–H groups in total. The Labute approximate surface area is 167 Å². The van der Waals surface area contributed by atoms with Crippen LogP contribution in [-0.4, -0.2) is 52.4 Å². The van der Waals surface area contributed by atoms with Gasteiger partial charge in [-0.25, -0.2) is 0 Å². The predicted octanol–water partition coefficient (Wildman–Crippen LogP) is 1.93. The first-order valence-electron chi connectivity index (χ1n) is 9.81. The zero-order valence-electron chi connectivity index (χ0n) is 16.4. The lowest BCUT2D eigenvalue weighted by molar-refractivity contribution is -0.143. The third-order valence-electron chi connectivity index (χ3n) is 5.84. The van der Waals surface area contributed by atoms with Gasteiger partial charge in [0.25, 0.3) is 5.56 Å². The summed E-state index contributed by atoms with van der Waals surface area (Å²) in [5, 5.41) is 12.7. The summed E-state index contributed by atoms with van der Waals surface area (Å²) in [7, 11) is 0. The highest BCUT2D eigenvalue weighted by Gasteiger charge is 2.55. The van der Waals surface area contributed by atoms with Crippen molar-refractivity contribution in [1.29, 1.82) is 0 Å². The first-order valence-corrected chi connectivity index (χ1v) is 9.81. The highest BCUT2D eigenvalue weighted by atomic mass is 19.4. The van der Waals surface area contributed by atoms with Gasteiger partial charge in [-0.3, -0.25) is 14.5 Å². The maximum absolute atomic E-state index is 13.0. The normalized spacial score (nSPS) is 26.7. The Morgan fingerprint density at radius 3 is 2.69 bits per heavy atom. The molecule has 1 fully saturated rings. The average Bonchev–Trinajstić information content (AvgIpc) is 3.17. The second kappa shape index (κ2) is 8.31. The van der Waals surface area contributed by atoms with Gasteiger partial charge in [0.1, 0.15) is 0 Å². The minimum atomic E-state index is -4.37. The van der Waals surface area contributed by atoms with Crippen LogP contribution in [0.5, 0.6) is 0 Å². The largest absolute Gasteiger partial charge is 0.396 e. The fourth-order valence-electron chi connectivity index (χ4n) is 4.72. The standard InChI is InChI=1S/C20H26F3N3O3/c1-3-5-12-6-7-15-16-13(10-26(15)19(12)29)14(11-27)17(18(28)24-4-2)25(16)9-8-20(21,22)23/h3,5-7,13-14,16-17,27H,4,8-11H2,1-2H3,(H,24,28)/b5-3-/t13-,14-,16+,17-/m1/s1. The van der Waals surface area contributed by atoms with Crippen molar-refractivity contribution in [1.82, 2.24) is 14.8 Å². The molecule has 1 amide bonds. The molecule has 4 atom stereocenters. The summed E-state index contributed by atoms with van der Waals surface area (Å²) >= 11 is 0. The summed E-state index contributed by atoms with van der Waals surface area (Å²) in [4.78, 5) is 27.0. The van der Waals surface area contributed by atoms with Crippen LogP contribution in [0.3, 0.4) is 0 Å². The molecule has 9 heteroatoms. The maximum Gasteiger partial charge on any atom is 0.390 e. The van der Waals surface area contributed by atoms with Gasteiger partial charge in [0.2, 0.25) is 5.91 Å². The van der Waals surface area contributed by atoms with Gasteiger partial charge in [-0.2, -0.15) is 13.2 Å². The number of pyridine rings is 1. The molecule has 6 nitrogen and oxygen atoms in total. The SMILES string of the molecule is C/C=C\c1ccc2n(c1=O)C[C@@H]1[C@@H](CO)[C@H](C(=O)NCC)N(CCC(F)(F)F)[C@H]21. The monoisotopic (exact) mass is 413 g/mol. The van der Waals surface area contributed by atoms with Crippen LogP contribution >= 0.6 is 0 Å². The van der Waals surface area contributed by atoms with E-state index in [-0.39, 0.29) is 37.1 Å². The van der Waals surface area contributed by atoms with Crippen LogP contribution in [0.25, 0.3) is 6.08 Å². The number of aliphatic hydroxyl groups is 1. The fourth-order valence-corrected chi connectivity index (χ4v) is 4.72. The van der Waals surface area contributed by atoms with Gasteiger partial charge >= 0.3 is 6.18 Å². The average molecular weight is 413 g/mol. The smallest absolute Gasteiger partial charge is 0.390 e. The van der Waals surface area contributed by atoms with Gasteiger partial charge in [-0.15, -0.1) is 0 Å². The summed E-state index contributed by atoms with van der Waals surface area (Å²) in [5.74, 6) is -1.25. The van der Waals surface area contributed by atoms with Crippen molar-refractivity contribution in [3.8, 4) is 0 Å². The molecule has 0 spiro atoms. The third-order valence-corrected chi connectivity index (χ3v) is 5.84. The number of nitrogens with one attached hydrogen (secondary N) is 1. The van der Waals surface area contributed by atoms with Crippen LogP contribution in [0.2, 0.25) is 0 Å². The summed E-state index contributed by atoms with van der Waals surface area (Å²) < 4.78 is 40.5. The number of fused-ring (bicyclic) bond motifs is 3. The number of aromatic nitrogens is 1. The van der Waals surface area contributed by atoms with Crippen molar-refractivity contribution in [3.05, 3.63) is 39.8 Å². The molecule has 0 aromatic carbocycles. The zero-order chi connectivity index (χ0) is 21.3. The summed E-state index contributed by atoms with van der Waals surface area (Å²) in [6, 6.07) is 2.02. The van der Waals surface area contributed by atoms with Gasteiger partial charge in [0, 0.05) is 49.3 Å².